The van der Waals surface area contributed by atoms with E-state index in [1.165, 1.54) is 5.56 Å². The molecule has 0 unspecified atom stereocenters. The molecule has 0 fully saturated rings. The van der Waals surface area contributed by atoms with Crippen LogP contribution in [0.5, 0.6) is 5.75 Å². The number of carbonyl (C=O) groups is 2. The quantitative estimate of drug-likeness (QED) is 0.301. The highest BCUT2D eigenvalue weighted by atomic mass is 16.5. The normalized spacial score (nSPS) is 14.5. The molecule has 4 rings (SSSR count). The van der Waals surface area contributed by atoms with Crippen LogP contribution in [0.1, 0.15) is 48.8 Å². The lowest BCUT2D eigenvalue weighted by Crippen LogP contribution is -2.35. The Hall–Kier alpha value is -3.69. The van der Waals surface area contributed by atoms with Crippen LogP contribution in [0.4, 0.5) is 5.69 Å². The number of aliphatic carboxylic acids is 1. The molecule has 1 aliphatic rings. The van der Waals surface area contributed by atoms with E-state index >= 15 is 0 Å². The SMILES string of the molecule is Cc1cccc(OCCCC(=O)N2CCCc3c(-c4cnn(C[C@@H](O)C[C@@H](O)CC(=O)O)c4)cccc32)c1C. The molecule has 2 atom stereocenters. The van der Waals surface area contributed by atoms with Crippen LogP contribution in [0.3, 0.4) is 0 Å². The fourth-order valence-electron chi connectivity index (χ4n) is 5.07. The Kier molecular flexibility index (Phi) is 9.37. The Morgan fingerprint density at radius 1 is 1.10 bits per heavy atom. The van der Waals surface area contributed by atoms with Crippen molar-refractivity contribution in [2.24, 2.45) is 0 Å². The lowest BCUT2D eigenvalue weighted by molar-refractivity contribution is -0.139. The summed E-state index contributed by atoms with van der Waals surface area (Å²) in [6.45, 7) is 5.39. The molecule has 1 aliphatic heterocycles. The Morgan fingerprint density at radius 2 is 1.90 bits per heavy atom. The lowest BCUT2D eigenvalue weighted by atomic mass is 9.93. The first-order valence-electron chi connectivity index (χ1n) is 13.4. The Labute approximate surface area is 228 Å². The van der Waals surface area contributed by atoms with Gasteiger partial charge in [-0.05, 0) is 67.5 Å². The second-order valence-corrected chi connectivity index (χ2v) is 10.2. The molecule has 2 aromatic carbocycles. The molecule has 0 bridgehead atoms. The number of carbonyl (C=O) groups excluding carboxylic acids is 1. The summed E-state index contributed by atoms with van der Waals surface area (Å²) in [7, 11) is 0. The van der Waals surface area contributed by atoms with Crippen LogP contribution < -0.4 is 9.64 Å². The molecule has 2 heterocycles. The van der Waals surface area contributed by atoms with Gasteiger partial charge in [0.05, 0.1) is 38.0 Å². The van der Waals surface area contributed by atoms with E-state index in [1.54, 1.807) is 10.9 Å². The maximum absolute atomic E-state index is 13.2. The van der Waals surface area contributed by atoms with Crippen molar-refractivity contribution in [1.82, 2.24) is 9.78 Å². The number of aromatic nitrogens is 2. The largest absolute Gasteiger partial charge is 0.493 e. The van der Waals surface area contributed by atoms with Gasteiger partial charge in [-0.3, -0.25) is 14.3 Å². The van der Waals surface area contributed by atoms with E-state index in [1.807, 2.05) is 48.4 Å². The average molecular weight is 536 g/mol. The van der Waals surface area contributed by atoms with Gasteiger partial charge in [-0.2, -0.15) is 5.10 Å². The standard InChI is InChI=1S/C30H37N3O6/c1-20-7-3-11-28(21(20)2)39-14-6-12-29(36)33-13-5-9-26-25(8-4-10-27(26)33)22-17-31-32(18-22)19-24(35)15-23(34)16-30(37)38/h3-4,7-8,10-11,17-18,23-24,34-35H,5-6,9,12-16,19H2,1-2H3,(H,37,38)/t23-,24+/m1/s1. The van der Waals surface area contributed by atoms with E-state index in [9.17, 15) is 19.8 Å². The van der Waals surface area contributed by atoms with Gasteiger partial charge in [-0.1, -0.05) is 24.3 Å². The second kappa shape index (κ2) is 12.9. The molecule has 9 heteroatoms. The smallest absolute Gasteiger partial charge is 0.305 e. The van der Waals surface area contributed by atoms with Crippen LogP contribution >= 0.6 is 0 Å². The number of nitrogens with zero attached hydrogens (tertiary/aromatic N) is 3. The number of aliphatic hydroxyl groups is 2. The molecule has 0 radical (unpaired) electrons. The molecule has 3 N–H and O–H groups in total. The molecule has 0 saturated heterocycles. The van der Waals surface area contributed by atoms with E-state index in [-0.39, 0.29) is 18.9 Å². The zero-order chi connectivity index (χ0) is 27.9. The molecule has 0 spiro atoms. The van der Waals surface area contributed by atoms with Gasteiger partial charge in [-0.15, -0.1) is 0 Å². The highest BCUT2D eigenvalue weighted by Gasteiger charge is 2.25. The van der Waals surface area contributed by atoms with Crippen molar-refractivity contribution in [3.05, 3.63) is 65.5 Å². The predicted octanol–water partition coefficient (Wildman–Crippen LogP) is 3.89. The molecular formula is C30H37N3O6. The third-order valence-electron chi connectivity index (χ3n) is 7.20. The summed E-state index contributed by atoms with van der Waals surface area (Å²) in [5.41, 5.74) is 6.19. The number of amides is 1. The van der Waals surface area contributed by atoms with Crippen molar-refractivity contribution in [3.63, 3.8) is 0 Å². The number of fused-ring (bicyclic) bond motifs is 1. The van der Waals surface area contributed by atoms with Gasteiger partial charge in [-0.25, -0.2) is 0 Å². The fourth-order valence-corrected chi connectivity index (χ4v) is 5.07. The zero-order valence-electron chi connectivity index (χ0n) is 22.5. The van der Waals surface area contributed by atoms with Gasteiger partial charge >= 0.3 is 5.97 Å². The number of hydrogen-bond donors (Lipinski definition) is 3. The topological polar surface area (TPSA) is 125 Å². The molecule has 1 amide bonds. The number of anilines is 1. The summed E-state index contributed by atoms with van der Waals surface area (Å²) in [5.74, 6) is -0.167. The second-order valence-electron chi connectivity index (χ2n) is 10.2. The summed E-state index contributed by atoms with van der Waals surface area (Å²) >= 11 is 0. The maximum atomic E-state index is 13.2. The fraction of sp³-hybridized carbons (Fsp3) is 0.433. The molecule has 208 valence electrons. The van der Waals surface area contributed by atoms with Crippen LogP contribution in [0.15, 0.2) is 48.8 Å². The molecular weight excluding hydrogens is 498 g/mol. The summed E-state index contributed by atoms with van der Waals surface area (Å²) in [6, 6.07) is 11.9. The molecule has 3 aromatic rings. The van der Waals surface area contributed by atoms with Gasteiger partial charge in [0.2, 0.25) is 5.91 Å². The molecule has 0 saturated carbocycles. The first-order chi connectivity index (χ1) is 18.7. The van der Waals surface area contributed by atoms with E-state index in [4.69, 9.17) is 9.84 Å². The van der Waals surface area contributed by atoms with Crippen molar-refractivity contribution in [2.45, 2.75) is 71.1 Å². The number of aryl methyl sites for hydroxylation is 1. The van der Waals surface area contributed by atoms with E-state index in [0.29, 0.717) is 26.0 Å². The van der Waals surface area contributed by atoms with E-state index < -0.39 is 24.6 Å². The first-order valence-corrected chi connectivity index (χ1v) is 13.4. The van der Waals surface area contributed by atoms with Crippen molar-refractivity contribution in [2.75, 3.05) is 18.1 Å². The Bertz CT molecular complexity index is 1300. The van der Waals surface area contributed by atoms with Gasteiger partial charge in [0.15, 0.2) is 0 Å². The van der Waals surface area contributed by atoms with Crippen molar-refractivity contribution < 1.29 is 29.6 Å². The summed E-state index contributed by atoms with van der Waals surface area (Å²) < 4.78 is 7.52. The Morgan fingerprint density at radius 3 is 2.69 bits per heavy atom. The van der Waals surface area contributed by atoms with Crippen LogP contribution in [-0.4, -0.2) is 62.3 Å². The number of rotatable bonds is 12. The number of benzene rings is 2. The summed E-state index contributed by atoms with van der Waals surface area (Å²) in [6.07, 6.45) is 3.80. The minimum atomic E-state index is -1.12. The lowest BCUT2D eigenvalue weighted by Gasteiger charge is -2.31. The van der Waals surface area contributed by atoms with Crippen LogP contribution in [-0.2, 0) is 22.6 Å². The van der Waals surface area contributed by atoms with Crippen molar-refractivity contribution >= 4 is 17.6 Å². The molecule has 1 aromatic heterocycles. The Balaban J connectivity index is 1.38. The number of hydrogen-bond acceptors (Lipinski definition) is 6. The van der Waals surface area contributed by atoms with Crippen LogP contribution in [0.2, 0.25) is 0 Å². The van der Waals surface area contributed by atoms with Gasteiger partial charge in [0.1, 0.15) is 5.75 Å². The zero-order valence-corrected chi connectivity index (χ0v) is 22.5. The minimum absolute atomic E-state index is 0.0467. The van der Waals surface area contributed by atoms with E-state index in [0.717, 1.165) is 46.5 Å². The monoisotopic (exact) mass is 535 g/mol. The van der Waals surface area contributed by atoms with Gasteiger partial charge < -0.3 is 25.0 Å². The maximum Gasteiger partial charge on any atom is 0.305 e. The molecule has 9 nitrogen and oxygen atoms in total. The number of ether oxygens (including phenoxy) is 1. The van der Waals surface area contributed by atoms with Crippen molar-refractivity contribution in [1.29, 1.82) is 0 Å². The number of aliphatic hydroxyl groups excluding tert-OH is 2. The molecule has 39 heavy (non-hydrogen) atoms. The predicted molar refractivity (Wildman–Crippen MR) is 148 cm³/mol. The third kappa shape index (κ3) is 7.25. The third-order valence-corrected chi connectivity index (χ3v) is 7.20. The van der Waals surface area contributed by atoms with Gasteiger partial charge in [0.25, 0.3) is 0 Å². The number of carboxylic acids is 1. The highest BCUT2D eigenvalue weighted by molar-refractivity contribution is 5.96. The minimum Gasteiger partial charge on any atom is -0.493 e. The van der Waals surface area contributed by atoms with Crippen molar-refractivity contribution in [3.8, 4) is 16.9 Å². The summed E-state index contributed by atoms with van der Waals surface area (Å²) in [5, 5.41) is 33.2. The number of carboxylic acid groups (broad SMARTS) is 1. The first kappa shape index (κ1) is 28.3. The van der Waals surface area contributed by atoms with E-state index in [2.05, 4.69) is 18.1 Å². The highest BCUT2D eigenvalue weighted by Crippen LogP contribution is 2.36. The summed E-state index contributed by atoms with van der Waals surface area (Å²) in [4.78, 5) is 25.8. The van der Waals surface area contributed by atoms with Crippen LogP contribution in [0.25, 0.3) is 11.1 Å². The van der Waals surface area contributed by atoms with Crippen LogP contribution in [0, 0.1) is 13.8 Å². The van der Waals surface area contributed by atoms with Gasteiger partial charge in [0, 0.05) is 36.8 Å². The molecule has 0 aliphatic carbocycles. The average Bonchev–Trinajstić information content (AvgIpc) is 3.35.